The number of hydrogen-bond acceptors (Lipinski definition) is 2. The average molecular weight is 740 g/mol. The van der Waals surface area contributed by atoms with Gasteiger partial charge in [-0.3, -0.25) is 0 Å². The SMILES string of the molecule is c1ccc(-c2ccc(-c3ccc(N(c4ccc(-c5ccccc5-c5ccccc5)cc4)c4ccc5c(ccc6ccccc65)c4)c4c3oc3ccccc34)cc2)cc1. The van der Waals surface area contributed by atoms with Gasteiger partial charge in [-0.2, -0.15) is 0 Å². The maximum atomic E-state index is 6.84. The third-order valence-corrected chi connectivity index (χ3v) is 11.5. The monoisotopic (exact) mass is 739 g/mol. The molecular weight excluding hydrogens is 703 g/mol. The first-order valence-corrected chi connectivity index (χ1v) is 19.8. The molecule has 0 aliphatic heterocycles. The summed E-state index contributed by atoms with van der Waals surface area (Å²) in [5.41, 5.74) is 14.3. The summed E-state index contributed by atoms with van der Waals surface area (Å²) in [5, 5.41) is 7.09. The Bertz CT molecular complexity index is 3250. The molecule has 0 aliphatic rings. The van der Waals surface area contributed by atoms with Crippen LogP contribution in [0, 0.1) is 0 Å². The zero-order valence-electron chi connectivity index (χ0n) is 31.7. The summed E-state index contributed by atoms with van der Waals surface area (Å²) in [6.45, 7) is 0. The van der Waals surface area contributed by atoms with Crippen molar-refractivity contribution < 1.29 is 4.42 Å². The number of anilines is 3. The van der Waals surface area contributed by atoms with Crippen molar-refractivity contribution in [2.24, 2.45) is 0 Å². The van der Waals surface area contributed by atoms with Crippen LogP contribution < -0.4 is 4.90 Å². The molecule has 272 valence electrons. The molecule has 0 aliphatic carbocycles. The van der Waals surface area contributed by atoms with Crippen LogP contribution in [-0.4, -0.2) is 0 Å². The minimum Gasteiger partial charge on any atom is -0.455 e. The molecule has 0 atom stereocenters. The van der Waals surface area contributed by atoms with Crippen LogP contribution in [0.2, 0.25) is 0 Å². The van der Waals surface area contributed by atoms with Crippen molar-refractivity contribution in [3.05, 3.63) is 224 Å². The lowest BCUT2D eigenvalue weighted by molar-refractivity contribution is 0.670. The number of fused-ring (bicyclic) bond motifs is 6. The minimum absolute atomic E-state index is 0.866. The normalized spacial score (nSPS) is 11.4. The number of nitrogens with zero attached hydrogens (tertiary/aromatic N) is 1. The Hall–Kier alpha value is -7.68. The fourth-order valence-corrected chi connectivity index (χ4v) is 8.66. The summed E-state index contributed by atoms with van der Waals surface area (Å²) in [6, 6.07) is 80.6. The Balaban J connectivity index is 1.10. The maximum Gasteiger partial charge on any atom is 0.145 e. The molecule has 0 saturated heterocycles. The van der Waals surface area contributed by atoms with Gasteiger partial charge >= 0.3 is 0 Å². The third kappa shape index (κ3) is 5.82. The second-order valence-electron chi connectivity index (χ2n) is 14.9. The smallest absolute Gasteiger partial charge is 0.145 e. The summed E-state index contributed by atoms with van der Waals surface area (Å²) >= 11 is 0. The van der Waals surface area contributed by atoms with Crippen LogP contribution in [0.3, 0.4) is 0 Å². The predicted molar refractivity (Wildman–Crippen MR) is 245 cm³/mol. The van der Waals surface area contributed by atoms with Crippen molar-refractivity contribution in [1.29, 1.82) is 0 Å². The molecule has 0 fully saturated rings. The maximum absolute atomic E-state index is 6.84. The van der Waals surface area contributed by atoms with E-state index in [1.165, 1.54) is 54.9 Å². The van der Waals surface area contributed by atoms with Gasteiger partial charge in [-0.1, -0.05) is 182 Å². The molecule has 2 nitrogen and oxygen atoms in total. The van der Waals surface area contributed by atoms with E-state index >= 15 is 0 Å². The minimum atomic E-state index is 0.866. The summed E-state index contributed by atoms with van der Waals surface area (Å²) in [6.07, 6.45) is 0. The fourth-order valence-electron chi connectivity index (χ4n) is 8.66. The third-order valence-electron chi connectivity index (χ3n) is 11.5. The lowest BCUT2D eigenvalue weighted by Crippen LogP contribution is -2.10. The molecular formula is C56H37NO. The van der Waals surface area contributed by atoms with Crippen molar-refractivity contribution in [2.75, 3.05) is 4.90 Å². The van der Waals surface area contributed by atoms with Gasteiger partial charge in [0, 0.05) is 22.3 Å². The first-order chi connectivity index (χ1) is 28.8. The zero-order chi connectivity index (χ0) is 38.4. The Morgan fingerprint density at radius 3 is 1.59 bits per heavy atom. The highest BCUT2D eigenvalue weighted by Gasteiger charge is 2.23. The van der Waals surface area contributed by atoms with E-state index in [1.54, 1.807) is 0 Å². The van der Waals surface area contributed by atoms with Gasteiger partial charge in [0.25, 0.3) is 0 Å². The summed E-state index contributed by atoms with van der Waals surface area (Å²) < 4.78 is 6.84. The van der Waals surface area contributed by atoms with E-state index < -0.39 is 0 Å². The van der Waals surface area contributed by atoms with Gasteiger partial charge in [-0.25, -0.2) is 0 Å². The molecule has 0 saturated carbocycles. The van der Waals surface area contributed by atoms with Gasteiger partial charge in [0.15, 0.2) is 0 Å². The second kappa shape index (κ2) is 14.1. The largest absolute Gasteiger partial charge is 0.455 e. The highest BCUT2D eigenvalue weighted by molar-refractivity contribution is 6.17. The van der Waals surface area contributed by atoms with E-state index in [9.17, 15) is 0 Å². The summed E-state index contributed by atoms with van der Waals surface area (Å²) in [5.74, 6) is 0. The highest BCUT2D eigenvalue weighted by atomic mass is 16.3. The summed E-state index contributed by atoms with van der Waals surface area (Å²) in [7, 11) is 0. The summed E-state index contributed by atoms with van der Waals surface area (Å²) in [4.78, 5) is 2.40. The molecule has 2 heteroatoms. The number of benzene rings is 10. The first-order valence-electron chi connectivity index (χ1n) is 19.8. The van der Waals surface area contributed by atoms with Crippen LogP contribution in [0.5, 0.6) is 0 Å². The second-order valence-corrected chi connectivity index (χ2v) is 14.9. The van der Waals surface area contributed by atoms with Gasteiger partial charge in [0.05, 0.1) is 11.1 Å². The molecule has 58 heavy (non-hydrogen) atoms. The van der Waals surface area contributed by atoms with Crippen LogP contribution in [0.1, 0.15) is 0 Å². The van der Waals surface area contributed by atoms with Gasteiger partial charge in [0.2, 0.25) is 0 Å². The molecule has 0 unspecified atom stereocenters. The van der Waals surface area contributed by atoms with Crippen LogP contribution in [0.15, 0.2) is 229 Å². The molecule has 11 rings (SSSR count). The van der Waals surface area contributed by atoms with Crippen molar-refractivity contribution in [2.45, 2.75) is 0 Å². The van der Waals surface area contributed by atoms with Gasteiger partial charge in [-0.15, -0.1) is 0 Å². The first kappa shape index (κ1) is 33.6. The molecule has 0 bridgehead atoms. The molecule has 10 aromatic carbocycles. The molecule has 1 heterocycles. The van der Waals surface area contributed by atoms with E-state index in [0.717, 1.165) is 50.1 Å². The van der Waals surface area contributed by atoms with Crippen molar-refractivity contribution in [3.63, 3.8) is 0 Å². The molecule has 1 aromatic heterocycles. The van der Waals surface area contributed by atoms with Crippen molar-refractivity contribution in [3.8, 4) is 44.5 Å². The standard InChI is InChI=1S/C56H37NO/c1-3-13-38(14-4-1)39-23-25-43(26-24-39)51-35-36-53(55-52-21-11-12-22-54(52)58-56(51)55)57(46-33-34-50-44(37-46)28-27-41-17-7-8-18-48(41)50)45-31-29-42(30-32-45)49-20-10-9-19-47(49)40-15-5-2-6-16-40/h1-37H. The van der Waals surface area contributed by atoms with Crippen LogP contribution in [-0.2, 0) is 0 Å². The number of furan rings is 1. The lowest BCUT2D eigenvalue weighted by Gasteiger charge is -2.27. The Labute approximate surface area is 337 Å². The zero-order valence-corrected chi connectivity index (χ0v) is 31.7. The predicted octanol–water partition coefficient (Wildman–Crippen LogP) is 16.0. The number of para-hydroxylation sites is 1. The molecule has 0 radical (unpaired) electrons. The quantitative estimate of drug-likeness (QED) is 0.151. The van der Waals surface area contributed by atoms with E-state index in [-0.39, 0.29) is 0 Å². The molecule has 11 aromatic rings. The molecule has 0 spiro atoms. The van der Waals surface area contributed by atoms with E-state index in [4.69, 9.17) is 4.42 Å². The van der Waals surface area contributed by atoms with Crippen LogP contribution >= 0.6 is 0 Å². The van der Waals surface area contributed by atoms with Gasteiger partial charge in [-0.05, 0) is 103 Å². The van der Waals surface area contributed by atoms with E-state index in [0.29, 0.717) is 0 Å². The van der Waals surface area contributed by atoms with Crippen molar-refractivity contribution in [1.82, 2.24) is 0 Å². The molecule has 0 amide bonds. The lowest BCUT2D eigenvalue weighted by atomic mass is 9.94. The topological polar surface area (TPSA) is 16.4 Å². The van der Waals surface area contributed by atoms with Crippen LogP contribution in [0.4, 0.5) is 17.1 Å². The Morgan fingerprint density at radius 2 is 0.828 bits per heavy atom. The van der Waals surface area contributed by atoms with Gasteiger partial charge < -0.3 is 9.32 Å². The van der Waals surface area contributed by atoms with Crippen LogP contribution in [0.25, 0.3) is 88.0 Å². The fraction of sp³-hybridized carbons (Fsp3) is 0. The Kier molecular flexibility index (Phi) is 8.19. The average Bonchev–Trinajstić information content (AvgIpc) is 3.70. The number of rotatable bonds is 7. The van der Waals surface area contributed by atoms with Gasteiger partial charge in [0.1, 0.15) is 11.2 Å². The van der Waals surface area contributed by atoms with E-state index in [2.05, 4.69) is 229 Å². The molecule has 0 N–H and O–H groups in total. The highest BCUT2D eigenvalue weighted by Crippen LogP contribution is 2.47. The number of hydrogen-bond donors (Lipinski definition) is 0. The van der Waals surface area contributed by atoms with E-state index in [1.807, 2.05) is 0 Å². The Morgan fingerprint density at radius 1 is 0.310 bits per heavy atom. The van der Waals surface area contributed by atoms with Crippen molar-refractivity contribution >= 4 is 60.5 Å².